The third-order valence-electron chi connectivity index (χ3n) is 6.45. The average molecular weight is 446 g/mol. The van der Waals surface area contributed by atoms with E-state index in [1.807, 2.05) is 10.3 Å². The number of rotatable bonds is 7. The molecule has 0 bridgehead atoms. The molecule has 31 heavy (non-hydrogen) atoms. The molecule has 0 unspecified atom stereocenters. The predicted molar refractivity (Wildman–Crippen MR) is 119 cm³/mol. The summed E-state index contributed by atoms with van der Waals surface area (Å²) in [6, 6.07) is 2.05. The minimum absolute atomic E-state index is 0.0750. The number of carbonyl (C=O) groups excluding carboxylic acids is 2. The minimum atomic E-state index is -0.603. The van der Waals surface area contributed by atoms with E-state index in [4.69, 9.17) is 4.52 Å². The van der Waals surface area contributed by atoms with Crippen LogP contribution in [0, 0.1) is 5.41 Å². The Hall–Kier alpha value is -2.26. The number of likely N-dealkylation sites (tertiary alicyclic amines) is 1. The van der Waals surface area contributed by atoms with Gasteiger partial charge in [-0.3, -0.25) is 14.5 Å². The summed E-state index contributed by atoms with van der Waals surface area (Å²) < 4.78 is 5.70. The van der Waals surface area contributed by atoms with Crippen molar-refractivity contribution in [3.05, 3.63) is 29.1 Å². The number of nitrogens with zero attached hydrogens (tertiary/aromatic N) is 4. The van der Waals surface area contributed by atoms with Crippen molar-refractivity contribution in [2.24, 2.45) is 5.41 Å². The lowest BCUT2D eigenvalue weighted by molar-refractivity contribution is -0.139. The normalized spacial score (nSPS) is 22.5. The molecule has 2 aliphatic rings. The molecule has 2 aromatic rings. The van der Waals surface area contributed by atoms with Gasteiger partial charge in [0.25, 0.3) is 0 Å². The first-order valence-corrected chi connectivity index (χ1v) is 11.9. The number of thiazole rings is 1. The number of hydrogen-bond acceptors (Lipinski definition) is 7. The van der Waals surface area contributed by atoms with E-state index in [2.05, 4.69) is 21.5 Å². The second kappa shape index (κ2) is 9.48. The molecular weight excluding hydrogens is 414 g/mol. The van der Waals surface area contributed by atoms with Crippen molar-refractivity contribution in [2.75, 3.05) is 39.0 Å². The van der Waals surface area contributed by atoms with Gasteiger partial charge >= 0.3 is 0 Å². The minimum Gasteiger partial charge on any atom is -0.361 e. The van der Waals surface area contributed by atoms with Gasteiger partial charge in [0, 0.05) is 50.6 Å². The fourth-order valence-electron chi connectivity index (χ4n) is 4.95. The Kier molecular flexibility index (Phi) is 6.71. The molecule has 4 rings (SSSR count). The lowest BCUT2D eigenvalue weighted by atomic mass is 9.80. The van der Waals surface area contributed by atoms with Crippen LogP contribution in [0.25, 0.3) is 0 Å². The zero-order valence-corrected chi connectivity index (χ0v) is 19.1. The standard InChI is InChI=1S/C22H31N5O3S/c1-26(2)20(29)22(13-17-12-18(25-30-17)16-6-4-3-5-7-16)8-10-27(15-22)14-19(28)24-21-23-9-11-31-21/h9,11-12,16H,3-8,10,13-15H2,1-2H3,(H,23,24,28)/t22-/m1/s1. The first-order valence-electron chi connectivity index (χ1n) is 11.0. The smallest absolute Gasteiger partial charge is 0.240 e. The first-order chi connectivity index (χ1) is 14.9. The van der Waals surface area contributed by atoms with Crippen molar-refractivity contribution in [1.29, 1.82) is 0 Å². The van der Waals surface area contributed by atoms with E-state index < -0.39 is 5.41 Å². The molecule has 0 spiro atoms. The van der Waals surface area contributed by atoms with E-state index in [1.165, 1.54) is 30.6 Å². The van der Waals surface area contributed by atoms with Gasteiger partial charge in [0.1, 0.15) is 5.76 Å². The summed E-state index contributed by atoms with van der Waals surface area (Å²) in [4.78, 5) is 33.4. The van der Waals surface area contributed by atoms with Gasteiger partial charge in [-0.2, -0.15) is 0 Å². The van der Waals surface area contributed by atoms with Gasteiger partial charge in [0.2, 0.25) is 11.8 Å². The molecule has 8 nitrogen and oxygen atoms in total. The molecule has 2 aromatic heterocycles. The summed E-state index contributed by atoms with van der Waals surface area (Å²) in [5.74, 6) is 1.21. The first kappa shape index (κ1) is 22.0. The molecule has 1 N–H and O–H groups in total. The summed E-state index contributed by atoms with van der Waals surface area (Å²) in [7, 11) is 3.57. The average Bonchev–Trinajstić information content (AvgIpc) is 3.51. The summed E-state index contributed by atoms with van der Waals surface area (Å²) >= 11 is 1.39. The lowest BCUT2D eigenvalue weighted by Gasteiger charge is -2.30. The SMILES string of the molecule is CN(C)C(=O)[C@@]1(Cc2cc(C3CCCCC3)no2)CCN(CC(=O)Nc2nccs2)C1. The second-order valence-corrected chi connectivity index (χ2v) is 9.95. The Morgan fingerprint density at radius 1 is 1.32 bits per heavy atom. The Morgan fingerprint density at radius 3 is 2.84 bits per heavy atom. The molecule has 3 heterocycles. The fourth-order valence-corrected chi connectivity index (χ4v) is 5.49. The maximum Gasteiger partial charge on any atom is 0.240 e. The van der Waals surface area contributed by atoms with Crippen LogP contribution in [0.1, 0.15) is 55.9 Å². The summed E-state index contributed by atoms with van der Waals surface area (Å²) in [5.41, 5.74) is 0.425. The molecule has 0 radical (unpaired) electrons. The Balaban J connectivity index is 1.43. The molecule has 1 atom stereocenters. The van der Waals surface area contributed by atoms with Crippen LogP contribution in [0.2, 0.25) is 0 Å². The zero-order valence-electron chi connectivity index (χ0n) is 18.3. The van der Waals surface area contributed by atoms with Crippen molar-refractivity contribution >= 4 is 28.3 Å². The van der Waals surface area contributed by atoms with Crippen LogP contribution in [-0.4, -0.2) is 65.5 Å². The predicted octanol–water partition coefficient (Wildman–Crippen LogP) is 3.14. The van der Waals surface area contributed by atoms with E-state index in [0.717, 1.165) is 24.3 Å². The van der Waals surface area contributed by atoms with Gasteiger partial charge in [-0.25, -0.2) is 4.98 Å². The van der Waals surface area contributed by atoms with Crippen molar-refractivity contribution in [3.63, 3.8) is 0 Å². The number of anilines is 1. The van der Waals surface area contributed by atoms with Crippen LogP contribution >= 0.6 is 11.3 Å². The van der Waals surface area contributed by atoms with Gasteiger partial charge in [0.15, 0.2) is 5.13 Å². The third-order valence-corrected chi connectivity index (χ3v) is 7.14. The highest BCUT2D eigenvalue weighted by molar-refractivity contribution is 7.13. The van der Waals surface area contributed by atoms with Crippen molar-refractivity contribution in [2.45, 2.75) is 50.9 Å². The van der Waals surface area contributed by atoms with E-state index in [0.29, 0.717) is 37.0 Å². The molecular formula is C22H31N5O3S. The Morgan fingerprint density at radius 2 is 2.13 bits per heavy atom. The van der Waals surface area contributed by atoms with Crippen LogP contribution in [0.4, 0.5) is 5.13 Å². The van der Waals surface area contributed by atoms with E-state index in [1.54, 1.807) is 25.2 Å². The van der Waals surface area contributed by atoms with E-state index in [-0.39, 0.29) is 18.4 Å². The Labute approximate surface area is 187 Å². The molecule has 0 aromatic carbocycles. The highest BCUT2D eigenvalue weighted by Gasteiger charge is 2.46. The molecule has 1 aliphatic carbocycles. The van der Waals surface area contributed by atoms with Gasteiger partial charge in [-0.05, 0) is 25.8 Å². The molecule has 2 fully saturated rings. The quantitative estimate of drug-likeness (QED) is 0.704. The molecule has 9 heteroatoms. The maximum absolute atomic E-state index is 13.2. The van der Waals surface area contributed by atoms with Crippen LogP contribution in [0.5, 0.6) is 0 Å². The largest absolute Gasteiger partial charge is 0.361 e. The van der Waals surface area contributed by atoms with Crippen LogP contribution in [0.3, 0.4) is 0 Å². The van der Waals surface area contributed by atoms with E-state index >= 15 is 0 Å². The summed E-state index contributed by atoms with van der Waals surface area (Å²) in [6.07, 6.45) is 8.97. The molecule has 2 amide bonds. The maximum atomic E-state index is 13.2. The van der Waals surface area contributed by atoms with Crippen molar-refractivity contribution in [1.82, 2.24) is 19.9 Å². The summed E-state index contributed by atoms with van der Waals surface area (Å²) in [5, 5.41) is 9.58. The number of amides is 2. The van der Waals surface area contributed by atoms with Gasteiger partial charge in [-0.1, -0.05) is 24.4 Å². The third kappa shape index (κ3) is 5.15. The van der Waals surface area contributed by atoms with Crippen LogP contribution in [0.15, 0.2) is 22.2 Å². The molecule has 1 aliphatic heterocycles. The second-order valence-electron chi connectivity index (χ2n) is 9.06. The fraction of sp³-hybridized carbons (Fsp3) is 0.636. The number of aromatic nitrogens is 2. The summed E-state index contributed by atoms with van der Waals surface area (Å²) in [6.45, 7) is 1.45. The van der Waals surface area contributed by atoms with Crippen LogP contribution in [-0.2, 0) is 16.0 Å². The topological polar surface area (TPSA) is 91.6 Å². The lowest BCUT2D eigenvalue weighted by Crippen LogP contribution is -2.44. The number of carbonyl (C=O) groups is 2. The van der Waals surface area contributed by atoms with Crippen molar-refractivity contribution < 1.29 is 14.1 Å². The van der Waals surface area contributed by atoms with Crippen LogP contribution < -0.4 is 5.32 Å². The van der Waals surface area contributed by atoms with Gasteiger partial charge < -0.3 is 14.7 Å². The van der Waals surface area contributed by atoms with Gasteiger partial charge in [0.05, 0.1) is 17.7 Å². The van der Waals surface area contributed by atoms with E-state index in [9.17, 15) is 9.59 Å². The zero-order chi connectivity index (χ0) is 21.8. The van der Waals surface area contributed by atoms with Crippen molar-refractivity contribution in [3.8, 4) is 0 Å². The van der Waals surface area contributed by atoms with Gasteiger partial charge in [-0.15, -0.1) is 11.3 Å². The highest BCUT2D eigenvalue weighted by Crippen LogP contribution is 2.38. The molecule has 1 saturated heterocycles. The number of nitrogens with one attached hydrogen (secondary N) is 1. The molecule has 168 valence electrons. The monoisotopic (exact) mass is 445 g/mol. The molecule has 1 saturated carbocycles. The Bertz CT molecular complexity index is 891. The highest BCUT2D eigenvalue weighted by atomic mass is 32.1. The number of hydrogen-bond donors (Lipinski definition) is 1.